The van der Waals surface area contributed by atoms with Crippen LogP contribution in [0.25, 0.3) is 0 Å². The molecule has 0 amide bonds. The Morgan fingerprint density at radius 1 is 0.839 bits per heavy atom. The Labute approximate surface area is 178 Å². The highest BCUT2D eigenvalue weighted by molar-refractivity contribution is 6.17. The van der Waals surface area contributed by atoms with Crippen molar-refractivity contribution in [2.24, 2.45) is 10.8 Å². The van der Waals surface area contributed by atoms with Gasteiger partial charge in [-0.2, -0.15) is 13.2 Å². The lowest BCUT2D eigenvalue weighted by molar-refractivity contribution is -0.160. The van der Waals surface area contributed by atoms with Crippen LogP contribution in [0.1, 0.15) is 70.4 Å². The summed E-state index contributed by atoms with van der Waals surface area (Å²) in [6.45, 7) is 7.45. The SMILES string of the molecule is CC1(C)CC(=O)C2(OC3=C(C(=O)CC(C)(C)C3)C2c2ccc(C(F)(F)F)cc2)C(=O)C1. The van der Waals surface area contributed by atoms with Crippen LogP contribution in [0, 0.1) is 10.8 Å². The standard InChI is InChI=1S/C24H25F3O4/c1-21(2)9-15(28)19-16(10-21)31-23(17(29)11-22(3,4)12-18(23)30)20(19)13-5-7-14(8-6-13)24(25,26)27/h5-8,20H,9-12H2,1-4H3. The molecule has 0 saturated heterocycles. The summed E-state index contributed by atoms with van der Waals surface area (Å²) in [5, 5.41) is 0. The average Bonchev–Trinajstić information content (AvgIpc) is 2.94. The van der Waals surface area contributed by atoms with Crippen molar-refractivity contribution in [3.8, 4) is 0 Å². The van der Waals surface area contributed by atoms with Crippen molar-refractivity contribution in [3.63, 3.8) is 0 Å². The number of carbonyl (C=O) groups excluding carboxylic acids is 3. The predicted octanol–water partition coefficient (Wildman–Crippen LogP) is 5.16. The van der Waals surface area contributed by atoms with Crippen molar-refractivity contribution in [1.82, 2.24) is 0 Å². The van der Waals surface area contributed by atoms with Crippen LogP contribution in [-0.4, -0.2) is 23.0 Å². The first-order valence-electron chi connectivity index (χ1n) is 10.4. The Morgan fingerprint density at radius 2 is 1.35 bits per heavy atom. The summed E-state index contributed by atoms with van der Waals surface area (Å²) in [5.74, 6) is -1.76. The van der Waals surface area contributed by atoms with Gasteiger partial charge in [-0.1, -0.05) is 39.8 Å². The van der Waals surface area contributed by atoms with Crippen LogP contribution in [0.15, 0.2) is 35.6 Å². The third kappa shape index (κ3) is 3.42. The lowest BCUT2D eigenvalue weighted by Crippen LogP contribution is -2.57. The van der Waals surface area contributed by atoms with Gasteiger partial charge in [0.25, 0.3) is 0 Å². The van der Waals surface area contributed by atoms with Gasteiger partial charge in [0.15, 0.2) is 17.3 Å². The first-order valence-corrected chi connectivity index (χ1v) is 10.4. The minimum absolute atomic E-state index is 0.0913. The minimum Gasteiger partial charge on any atom is -0.474 e. The van der Waals surface area contributed by atoms with Crippen molar-refractivity contribution in [3.05, 3.63) is 46.7 Å². The molecule has 1 aliphatic heterocycles. The molecule has 7 heteroatoms. The first kappa shape index (κ1) is 21.8. The maximum Gasteiger partial charge on any atom is 0.416 e. The van der Waals surface area contributed by atoms with Gasteiger partial charge in [0.05, 0.1) is 11.5 Å². The third-order valence-corrected chi connectivity index (χ3v) is 6.54. The summed E-state index contributed by atoms with van der Waals surface area (Å²) < 4.78 is 45.3. The molecule has 1 aromatic rings. The summed E-state index contributed by atoms with van der Waals surface area (Å²) in [6.07, 6.45) is -3.73. The van der Waals surface area contributed by atoms with Gasteiger partial charge in [0, 0.05) is 31.3 Å². The van der Waals surface area contributed by atoms with E-state index in [0.717, 1.165) is 12.1 Å². The van der Waals surface area contributed by atoms with Crippen LogP contribution in [0.5, 0.6) is 0 Å². The minimum atomic E-state index is -4.52. The largest absolute Gasteiger partial charge is 0.474 e. The molecule has 4 rings (SSSR count). The van der Waals surface area contributed by atoms with Gasteiger partial charge < -0.3 is 4.74 Å². The Balaban J connectivity index is 1.88. The topological polar surface area (TPSA) is 60.4 Å². The quantitative estimate of drug-likeness (QED) is 0.573. The molecule has 31 heavy (non-hydrogen) atoms. The number of hydrogen-bond donors (Lipinski definition) is 0. The first-order chi connectivity index (χ1) is 14.2. The number of benzene rings is 1. The van der Waals surface area contributed by atoms with Gasteiger partial charge in [-0.15, -0.1) is 0 Å². The molecule has 0 bridgehead atoms. The van der Waals surface area contributed by atoms with Crippen molar-refractivity contribution in [2.45, 2.75) is 71.1 Å². The van der Waals surface area contributed by atoms with E-state index in [4.69, 9.17) is 4.74 Å². The molecule has 1 aromatic carbocycles. The lowest BCUT2D eigenvalue weighted by Gasteiger charge is -2.41. The smallest absolute Gasteiger partial charge is 0.416 e. The number of halogens is 3. The van der Waals surface area contributed by atoms with Gasteiger partial charge >= 0.3 is 6.18 Å². The fraction of sp³-hybridized carbons (Fsp3) is 0.542. The fourth-order valence-corrected chi connectivity index (χ4v) is 5.20. The van der Waals surface area contributed by atoms with Gasteiger partial charge in [0.2, 0.25) is 5.60 Å². The van der Waals surface area contributed by atoms with Crippen LogP contribution in [0.3, 0.4) is 0 Å². The molecule has 166 valence electrons. The Bertz CT molecular complexity index is 992. The van der Waals surface area contributed by atoms with Gasteiger partial charge in [-0.3, -0.25) is 14.4 Å². The van der Waals surface area contributed by atoms with Crippen molar-refractivity contribution in [2.75, 3.05) is 0 Å². The molecule has 1 unspecified atom stereocenters. The number of alkyl halides is 3. The number of Topliss-reactive ketones (excluding diaryl/α,β-unsaturated/α-hetero) is 3. The van der Waals surface area contributed by atoms with Crippen LogP contribution < -0.4 is 0 Å². The summed E-state index contributed by atoms with van der Waals surface area (Å²) >= 11 is 0. The maximum atomic E-state index is 13.4. The molecule has 3 aliphatic rings. The van der Waals surface area contributed by atoms with Crippen molar-refractivity contribution < 1.29 is 32.3 Å². The van der Waals surface area contributed by atoms with Crippen LogP contribution in [-0.2, 0) is 25.3 Å². The van der Waals surface area contributed by atoms with Gasteiger partial charge in [-0.25, -0.2) is 0 Å². The monoisotopic (exact) mass is 434 g/mol. The molecule has 4 nitrogen and oxygen atoms in total. The Kier molecular flexibility index (Phi) is 4.59. The maximum absolute atomic E-state index is 13.4. The van der Waals surface area contributed by atoms with Crippen LogP contribution in [0.2, 0.25) is 0 Å². The van der Waals surface area contributed by atoms with Gasteiger partial charge in [0.1, 0.15) is 5.76 Å². The summed E-state index contributed by atoms with van der Waals surface area (Å²) in [4.78, 5) is 39.9. The molecule has 0 radical (unpaired) electrons. The molecule has 0 N–H and O–H groups in total. The van der Waals surface area contributed by atoms with Crippen molar-refractivity contribution >= 4 is 17.3 Å². The number of allylic oxidation sites excluding steroid dienone is 1. The van der Waals surface area contributed by atoms with E-state index in [2.05, 4.69) is 0 Å². The molecule has 1 fully saturated rings. The van der Waals surface area contributed by atoms with E-state index in [1.54, 1.807) is 0 Å². The van der Waals surface area contributed by atoms with E-state index in [1.165, 1.54) is 12.1 Å². The van der Waals surface area contributed by atoms with Crippen LogP contribution >= 0.6 is 0 Å². The second-order valence-corrected chi connectivity index (χ2v) is 10.5. The summed E-state index contributed by atoms with van der Waals surface area (Å²) in [7, 11) is 0. The third-order valence-electron chi connectivity index (χ3n) is 6.54. The number of ketones is 3. The fourth-order valence-electron chi connectivity index (χ4n) is 5.20. The summed E-state index contributed by atoms with van der Waals surface area (Å²) in [5.41, 5.74) is -3.08. The summed E-state index contributed by atoms with van der Waals surface area (Å²) in [6, 6.07) is 4.34. The highest BCUT2D eigenvalue weighted by Gasteiger charge is 2.65. The molecular formula is C24H25F3O4. The molecule has 1 saturated carbocycles. The molecule has 1 heterocycles. The second kappa shape index (κ2) is 6.53. The predicted molar refractivity (Wildman–Crippen MR) is 106 cm³/mol. The van der Waals surface area contributed by atoms with Crippen molar-refractivity contribution in [1.29, 1.82) is 0 Å². The zero-order valence-corrected chi connectivity index (χ0v) is 18.0. The Morgan fingerprint density at radius 3 is 1.87 bits per heavy atom. The van der Waals surface area contributed by atoms with E-state index in [1.807, 2.05) is 27.7 Å². The molecule has 1 spiro atoms. The van der Waals surface area contributed by atoms with E-state index < -0.39 is 45.7 Å². The average molecular weight is 434 g/mol. The number of rotatable bonds is 1. The second-order valence-electron chi connectivity index (χ2n) is 10.5. The zero-order valence-electron chi connectivity index (χ0n) is 18.0. The van der Waals surface area contributed by atoms with Crippen LogP contribution in [0.4, 0.5) is 13.2 Å². The lowest BCUT2D eigenvalue weighted by atomic mass is 9.61. The molecule has 0 aromatic heterocycles. The highest BCUT2D eigenvalue weighted by atomic mass is 19.4. The van der Waals surface area contributed by atoms with Gasteiger partial charge in [-0.05, 0) is 28.5 Å². The molecule has 1 atom stereocenters. The number of carbonyl (C=O) groups is 3. The number of ether oxygens (including phenoxy) is 1. The zero-order chi connectivity index (χ0) is 23.0. The van der Waals surface area contributed by atoms with E-state index in [0.29, 0.717) is 17.7 Å². The number of hydrogen-bond acceptors (Lipinski definition) is 4. The Hall–Kier alpha value is -2.44. The highest BCUT2D eigenvalue weighted by Crippen LogP contribution is 2.57. The van der Waals surface area contributed by atoms with E-state index in [-0.39, 0.29) is 30.6 Å². The normalized spacial score (nSPS) is 26.8. The van der Waals surface area contributed by atoms with E-state index in [9.17, 15) is 27.6 Å². The molecular weight excluding hydrogens is 409 g/mol. The van der Waals surface area contributed by atoms with E-state index >= 15 is 0 Å². The molecule has 2 aliphatic carbocycles.